The molecule has 196 valence electrons. The van der Waals surface area contributed by atoms with E-state index >= 15 is 0 Å². The molecule has 38 heavy (non-hydrogen) atoms. The van der Waals surface area contributed by atoms with Gasteiger partial charge in [-0.05, 0) is 57.0 Å². The van der Waals surface area contributed by atoms with Crippen molar-refractivity contribution in [1.82, 2.24) is 30.4 Å². The number of carbonyl (C=O) groups excluding carboxylic acids is 2. The van der Waals surface area contributed by atoms with Crippen molar-refractivity contribution in [2.75, 3.05) is 25.0 Å². The van der Waals surface area contributed by atoms with Gasteiger partial charge in [0, 0.05) is 65.8 Å². The first-order valence-electron chi connectivity index (χ1n) is 12.8. The van der Waals surface area contributed by atoms with Crippen LogP contribution in [0.1, 0.15) is 41.0 Å². The highest BCUT2D eigenvalue weighted by molar-refractivity contribution is 6.04. The standard InChI is InChI=1S/C27H29N7O4/c1-16-10-18(3-6-29-16)26-32-23(14-38-26)25(36)31-22-11-19-13-34(9-4-17-2-7-30-24(17)35)33-21(19)12-20(22)27(37)5-8-28-15-27/h3,6,10-14,17,28,37H,2,4-5,7-9,15H2,1H3,(H,30,35)(H,31,36). The van der Waals surface area contributed by atoms with Gasteiger partial charge in [-0.3, -0.25) is 19.3 Å². The lowest BCUT2D eigenvalue weighted by Crippen LogP contribution is -2.30. The van der Waals surface area contributed by atoms with E-state index in [9.17, 15) is 14.7 Å². The fraction of sp³-hybridized carbons (Fsp3) is 0.370. The lowest BCUT2D eigenvalue weighted by atomic mass is 9.90. The number of anilines is 1. The molecular weight excluding hydrogens is 486 g/mol. The van der Waals surface area contributed by atoms with Gasteiger partial charge in [-0.2, -0.15) is 5.10 Å². The van der Waals surface area contributed by atoms with Crippen LogP contribution in [0.3, 0.4) is 0 Å². The number of oxazole rings is 1. The van der Waals surface area contributed by atoms with Crippen molar-refractivity contribution in [2.45, 2.75) is 38.3 Å². The van der Waals surface area contributed by atoms with Crippen LogP contribution in [0, 0.1) is 12.8 Å². The topological polar surface area (TPSA) is 147 Å². The number of nitrogens with zero attached hydrogens (tertiary/aromatic N) is 4. The Morgan fingerprint density at radius 2 is 2.21 bits per heavy atom. The summed E-state index contributed by atoms with van der Waals surface area (Å²) in [6.45, 7) is 4.23. The van der Waals surface area contributed by atoms with Crippen molar-refractivity contribution in [3.05, 3.63) is 59.9 Å². The fourth-order valence-corrected chi connectivity index (χ4v) is 5.22. The minimum Gasteiger partial charge on any atom is -0.444 e. The monoisotopic (exact) mass is 515 g/mol. The van der Waals surface area contributed by atoms with Crippen molar-refractivity contribution in [3.63, 3.8) is 0 Å². The number of hydrogen-bond donors (Lipinski definition) is 4. The Morgan fingerprint density at radius 1 is 1.32 bits per heavy atom. The zero-order valence-electron chi connectivity index (χ0n) is 21.0. The minimum atomic E-state index is -1.15. The Hall–Kier alpha value is -4.09. The second kappa shape index (κ2) is 9.66. The third-order valence-corrected chi connectivity index (χ3v) is 7.32. The molecule has 2 aliphatic rings. The van der Waals surface area contributed by atoms with Gasteiger partial charge in [0.2, 0.25) is 11.8 Å². The molecule has 0 aliphatic carbocycles. The Morgan fingerprint density at radius 3 is 2.97 bits per heavy atom. The molecule has 11 nitrogen and oxygen atoms in total. The number of carbonyl (C=O) groups is 2. The van der Waals surface area contributed by atoms with Crippen LogP contribution in [0.25, 0.3) is 22.4 Å². The number of aryl methyl sites for hydroxylation is 2. The number of pyridine rings is 1. The first kappa shape index (κ1) is 24.3. The van der Waals surface area contributed by atoms with Crippen molar-refractivity contribution >= 4 is 28.4 Å². The van der Waals surface area contributed by atoms with Gasteiger partial charge in [-0.1, -0.05) is 0 Å². The first-order valence-corrected chi connectivity index (χ1v) is 12.8. The third kappa shape index (κ3) is 4.66. The van der Waals surface area contributed by atoms with E-state index in [-0.39, 0.29) is 17.5 Å². The Kier molecular flexibility index (Phi) is 6.16. The number of aromatic nitrogens is 4. The zero-order valence-corrected chi connectivity index (χ0v) is 21.0. The molecule has 11 heteroatoms. The summed E-state index contributed by atoms with van der Waals surface area (Å²) < 4.78 is 7.39. The van der Waals surface area contributed by atoms with Crippen LogP contribution < -0.4 is 16.0 Å². The maximum atomic E-state index is 13.2. The highest BCUT2D eigenvalue weighted by Crippen LogP contribution is 2.36. The molecule has 2 atom stereocenters. The molecule has 2 saturated heterocycles. The molecule has 2 aliphatic heterocycles. The largest absolute Gasteiger partial charge is 0.444 e. The van der Waals surface area contributed by atoms with Crippen LogP contribution in [-0.2, 0) is 16.9 Å². The number of rotatable bonds is 7. The summed E-state index contributed by atoms with van der Waals surface area (Å²) in [4.78, 5) is 33.7. The van der Waals surface area contributed by atoms with E-state index in [1.54, 1.807) is 12.3 Å². The molecule has 6 rings (SSSR count). The summed E-state index contributed by atoms with van der Waals surface area (Å²) in [5, 5.41) is 25.9. The number of fused-ring (bicyclic) bond motifs is 1. The molecule has 3 aromatic heterocycles. The van der Waals surface area contributed by atoms with Crippen molar-refractivity contribution in [3.8, 4) is 11.5 Å². The summed E-state index contributed by atoms with van der Waals surface area (Å²) in [6.07, 6.45) is 6.93. The summed E-state index contributed by atoms with van der Waals surface area (Å²) in [6, 6.07) is 7.27. The van der Waals surface area contributed by atoms with Gasteiger partial charge in [-0.25, -0.2) is 4.98 Å². The maximum Gasteiger partial charge on any atom is 0.277 e. The molecule has 0 saturated carbocycles. The molecule has 4 N–H and O–H groups in total. The Labute approximate surface area is 218 Å². The SMILES string of the molecule is Cc1cc(-c2nc(C(=O)Nc3cc4cn(CCC5CCNC5=O)nc4cc3C3(O)CCNC3)co2)ccn1. The van der Waals surface area contributed by atoms with E-state index in [0.29, 0.717) is 55.1 Å². The summed E-state index contributed by atoms with van der Waals surface area (Å²) in [7, 11) is 0. The lowest BCUT2D eigenvalue weighted by molar-refractivity contribution is -0.122. The smallest absolute Gasteiger partial charge is 0.277 e. The van der Waals surface area contributed by atoms with E-state index < -0.39 is 11.5 Å². The quantitative estimate of drug-likeness (QED) is 0.293. The fourth-order valence-electron chi connectivity index (χ4n) is 5.22. The molecule has 0 radical (unpaired) electrons. The average Bonchev–Trinajstić information content (AvgIpc) is 3.70. The molecule has 4 aromatic rings. The normalized spacial score (nSPS) is 21.2. The van der Waals surface area contributed by atoms with Gasteiger partial charge in [0.05, 0.1) is 5.52 Å². The van der Waals surface area contributed by atoms with Crippen LogP contribution >= 0.6 is 0 Å². The number of benzene rings is 1. The summed E-state index contributed by atoms with van der Waals surface area (Å²) in [5.41, 5.74) is 2.33. The number of hydrogen-bond acceptors (Lipinski definition) is 8. The average molecular weight is 516 g/mol. The molecule has 0 spiro atoms. The van der Waals surface area contributed by atoms with Crippen LogP contribution in [0.5, 0.6) is 0 Å². The van der Waals surface area contributed by atoms with Gasteiger partial charge in [0.1, 0.15) is 11.9 Å². The van der Waals surface area contributed by atoms with Crippen LogP contribution in [0.2, 0.25) is 0 Å². The van der Waals surface area contributed by atoms with Crippen LogP contribution in [0.15, 0.2) is 47.3 Å². The van der Waals surface area contributed by atoms with Gasteiger partial charge in [0.15, 0.2) is 5.69 Å². The van der Waals surface area contributed by atoms with E-state index in [2.05, 4.69) is 25.9 Å². The second-order valence-corrected chi connectivity index (χ2v) is 10.1. The van der Waals surface area contributed by atoms with Crippen molar-refractivity contribution in [2.24, 2.45) is 5.92 Å². The lowest BCUT2D eigenvalue weighted by Gasteiger charge is -2.25. The highest BCUT2D eigenvalue weighted by atomic mass is 16.3. The summed E-state index contributed by atoms with van der Waals surface area (Å²) in [5.74, 6) is -0.0193. The minimum absolute atomic E-state index is 0.00131. The second-order valence-electron chi connectivity index (χ2n) is 10.1. The van der Waals surface area contributed by atoms with E-state index in [1.807, 2.05) is 36.0 Å². The maximum absolute atomic E-state index is 13.2. The molecule has 2 unspecified atom stereocenters. The molecule has 0 bridgehead atoms. The summed E-state index contributed by atoms with van der Waals surface area (Å²) >= 11 is 0. The van der Waals surface area contributed by atoms with Crippen molar-refractivity contribution < 1.29 is 19.1 Å². The number of nitrogens with one attached hydrogen (secondary N) is 3. The van der Waals surface area contributed by atoms with E-state index in [1.165, 1.54) is 6.26 Å². The van der Waals surface area contributed by atoms with Gasteiger partial charge >= 0.3 is 0 Å². The van der Waals surface area contributed by atoms with E-state index in [4.69, 9.17) is 9.52 Å². The highest BCUT2D eigenvalue weighted by Gasteiger charge is 2.36. The molecule has 1 aromatic carbocycles. The number of amides is 2. The molecule has 2 fully saturated rings. The van der Waals surface area contributed by atoms with Crippen LogP contribution in [-0.4, -0.2) is 56.3 Å². The zero-order chi connectivity index (χ0) is 26.3. The molecular formula is C27H29N7O4. The molecule has 5 heterocycles. The predicted molar refractivity (Wildman–Crippen MR) is 139 cm³/mol. The van der Waals surface area contributed by atoms with Gasteiger partial charge < -0.3 is 25.5 Å². The molecule has 2 amide bonds. The van der Waals surface area contributed by atoms with Gasteiger partial charge in [-0.15, -0.1) is 0 Å². The number of aliphatic hydroxyl groups is 1. The predicted octanol–water partition coefficient (Wildman–Crippen LogP) is 2.35. The van der Waals surface area contributed by atoms with Gasteiger partial charge in [0.25, 0.3) is 5.91 Å². The number of β-amino-alcohol motifs (C(OH)–C–C–N with tert-alkyl or cyclic N) is 1. The Balaban J connectivity index is 1.28. The van der Waals surface area contributed by atoms with Crippen molar-refractivity contribution in [1.29, 1.82) is 0 Å². The first-order chi connectivity index (χ1) is 18.4. The third-order valence-electron chi connectivity index (χ3n) is 7.32. The van der Waals surface area contributed by atoms with Crippen LogP contribution in [0.4, 0.5) is 5.69 Å². The van der Waals surface area contributed by atoms with E-state index in [0.717, 1.165) is 29.6 Å². The Bertz CT molecular complexity index is 1520.